The summed E-state index contributed by atoms with van der Waals surface area (Å²) in [5, 5.41) is 0. The Balaban J connectivity index is 2.02. The van der Waals surface area contributed by atoms with Crippen LogP contribution in [0.2, 0.25) is 8.67 Å². The number of nitrogens with zero attached hydrogens (tertiary/aromatic N) is 1. The summed E-state index contributed by atoms with van der Waals surface area (Å²) in [6.45, 7) is 2.93. The predicted octanol–water partition coefficient (Wildman–Crippen LogP) is 3.72. The van der Waals surface area contributed by atoms with Crippen LogP contribution in [0.5, 0.6) is 0 Å². The molecule has 11 heteroatoms. The fourth-order valence-electron chi connectivity index (χ4n) is 2.24. The minimum atomic E-state index is -3.79. The van der Waals surface area contributed by atoms with E-state index in [2.05, 4.69) is 20.7 Å². The van der Waals surface area contributed by atoms with Crippen LogP contribution in [0, 0.1) is 0 Å². The summed E-state index contributed by atoms with van der Waals surface area (Å²) in [6, 6.07) is -0.271. The molecule has 1 aliphatic heterocycles. The smallest absolute Gasteiger partial charge is 0.409 e. The Bertz CT molecular complexity index is 687. The number of rotatable bonds is 4. The van der Waals surface area contributed by atoms with Crippen molar-refractivity contribution in [1.82, 2.24) is 9.62 Å². The van der Waals surface area contributed by atoms with Gasteiger partial charge in [0.2, 0.25) is 10.0 Å². The lowest BCUT2D eigenvalue weighted by molar-refractivity contribution is 0.0966. The summed E-state index contributed by atoms with van der Waals surface area (Å²) >= 11 is 16.0. The van der Waals surface area contributed by atoms with Gasteiger partial charge in [0.05, 0.1) is 11.1 Å². The van der Waals surface area contributed by atoms with Gasteiger partial charge >= 0.3 is 6.09 Å². The zero-order valence-electron chi connectivity index (χ0n) is 12.1. The zero-order valence-corrected chi connectivity index (χ0v) is 16.9. The van der Waals surface area contributed by atoms with Gasteiger partial charge in [-0.2, -0.15) is 0 Å². The molecule has 1 fully saturated rings. The van der Waals surface area contributed by atoms with E-state index >= 15 is 0 Å². The van der Waals surface area contributed by atoms with Crippen LogP contribution in [-0.4, -0.2) is 45.1 Å². The molecule has 0 unspecified atom stereocenters. The number of thiophene rings is 1. The molecule has 0 spiro atoms. The number of carbonyl (C=O) groups excluding carboxylic acids is 1. The summed E-state index contributed by atoms with van der Waals surface area (Å²) in [6.07, 6.45) is 0.639. The van der Waals surface area contributed by atoms with E-state index in [1.54, 1.807) is 11.8 Å². The van der Waals surface area contributed by atoms with Crippen LogP contribution < -0.4 is 4.72 Å². The lowest BCUT2D eigenvalue weighted by Gasteiger charge is -2.31. The van der Waals surface area contributed by atoms with E-state index in [1.165, 1.54) is 0 Å². The number of sulfonamides is 1. The highest BCUT2D eigenvalue weighted by atomic mass is 79.9. The van der Waals surface area contributed by atoms with E-state index in [9.17, 15) is 13.2 Å². The van der Waals surface area contributed by atoms with Crippen LogP contribution in [0.15, 0.2) is 9.37 Å². The topological polar surface area (TPSA) is 75.7 Å². The number of likely N-dealkylation sites (tertiary alicyclic amines) is 1. The molecule has 6 nitrogen and oxygen atoms in total. The molecule has 0 aliphatic carbocycles. The first kappa shape index (κ1) is 19.3. The van der Waals surface area contributed by atoms with Crippen molar-refractivity contribution in [2.24, 2.45) is 0 Å². The van der Waals surface area contributed by atoms with Gasteiger partial charge in [0.25, 0.3) is 0 Å². The Morgan fingerprint density at radius 2 is 2.00 bits per heavy atom. The van der Waals surface area contributed by atoms with Crippen LogP contribution >= 0.6 is 50.5 Å². The quantitative estimate of drug-likeness (QED) is 0.735. The molecule has 23 heavy (non-hydrogen) atoms. The maximum atomic E-state index is 12.5. The highest BCUT2D eigenvalue weighted by molar-refractivity contribution is 9.10. The third-order valence-corrected chi connectivity index (χ3v) is 8.33. The first-order valence-corrected chi connectivity index (χ1v) is 10.7. The van der Waals surface area contributed by atoms with Gasteiger partial charge in [0.15, 0.2) is 0 Å². The summed E-state index contributed by atoms with van der Waals surface area (Å²) < 4.78 is 33.2. The Labute approximate surface area is 157 Å². The standard InChI is InChI=1S/C12H15BrCl2N2O4S2/c1-2-21-12(18)17-5-3-7(4-6-17)16-23(19,20)9-8(13)10(14)22-11(9)15/h7,16H,2-6H2,1H3. The van der Waals surface area contributed by atoms with Gasteiger partial charge < -0.3 is 9.64 Å². The van der Waals surface area contributed by atoms with Gasteiger partial charge in [-0.25, -0.2) is 17.9 Å². The van der Waals surface area contributed by atoms with Gasteiger partial charge in [-0.1, -0.05) is 23.2 Å². The van der Waals surface area contributed by atoms with E-state index in [1.807, 2.05) is 0 Å². The molecule has 0 aromatic carbocycles. The number of piperidine rings is 1. The van der Waals surface area contributed by atoms with Crippen molar-refractivity contribution < 1.29 is 17.9 Å². The summed E-state index contributed by atoms with van der Waals surface area (Å²) in [5.41, 5.74) is 0. The van der Waals surface area contributed by atoms with Crippen molar-refractivity contribution in [2.45, 2.75) is 30.7 Å². The molecule has 0 bridgehead atoms. The Hall–Kier alpha value is -0.0600. The van der Waals surface area contributed by atoms with Crippen molar-refractivity contribution in [1.29, 1.82) is 0 Å². The Kier molecular flexibility index (Phi) is 6.60. The monoisotopic (exact) mass is 464 g/mol. The van der Waals surface area contributed by atoms with E-state index in [0.717, 1.165) is 11.3 Å². The van der Waals surface area contributed by atoms with Crippen molar-refractivity contribution >= 4 is 66.6 Å². The average Bonchev–Trinajstić information content (AvgIpc) is 2.73. The molecule has 1 aromatic heterocycles. The highest BCUT2D eigenvalue weighted by Gasteiger charge is 2.31. The van der Waals surface area contributed by atoms with Gasteiger partial charge in [0, 0.05) is 19.1 Å². The highest BCUT2D eigenvalue weighted by Crippen LogP contribution is 2.43. The normalized spacial score (nSPS) is 16.6. The molecule has 1 saturated heterocycles. The molecular weight excluding hydrogens is 451 g/mol. The molecule has 1 aromatic rings. The third kappa shape index (κ3) is 4.52. The van der Waals surface area contributed by atoms with Crippen molar-refractivity contribution in [3.05, 3.63) is 13.1 Å². The number of halogens is 3. The third-order valence-electron chi connectivity index (χ3n) is 3.34. The van der Waals surface area contributed by atoms with Crippen molar-refractivity contribution in [3.63, 3.8) is 0 Å². The molecule has 1 amide bonds. The molecule has 0 saturated carbocycles. The fourth-order valence-corrected chi connectivity index (χ4v) is 7.10. The molecule has 1 N–H and O–H groups in total. The minimum absolute atomic E-state index is 0.0398. The zero-order chi connectivity index (χ0) is 17.2. The van der Waals surface area contributed by atoms with Gasteiger partial charge in [-0.15, -0.1) is 11.3 Å². The van der Waals surface area contributed by atoms with Crippen molar-refractivity contribution in [3.8, 4) is 0 Å². The first-order valence-electron chi connectivity index (χ1n) is 6.83. The lowest BCUT2D eigenvalue weighted by atomic mass is 10.1. The molecule has 1 aliphatic rings. The van der Waals surface area contributed by atoms with Gasteiger partial charge in [-0.05, 0) is 35.7 Å². The largest absolute Gasteiger partial charge is 0.450 e. The minimum Gasteiger partial charge on any atom is -0.450 e. The van der Waals surface area contributed by atoms with E-state index in [4.69, 9.17) is 27.9 Å². The fraction of sp³-hybridized carbons (Fsp3) is 0.583. The van der Waals surface area contributed by atoms with Crippen LogP contribution in [0.3, 0.4) is 0 Å². The second-order valence-corrected chi connectivity index (χ2v) is 9.54. The molecule has 0 radical (unpaired) electrons. The molecule has 2 heterocycles. The molecular formula is C12H15BrCl2N2O4S2. The number of carbonyl (C=O) groups is 1. The van der Waals surface area contributed by atoms with Gasteiger partial charge in [0.1, 0.15) is 13.6 Å². The lowest BCUT2D eigenvalue weighted by Crippen LogP contribution is -2.46. The van der Waals surface area contributed by atoms with E-state index < -0.39 is 10.0 Å². The first-order chi connectivity index (χ1) is 10.8. The van der Waals surface area contributed by atoms with Crippen LogP contribution in [-0.2, 0) is 14.8 Å². The van der Waals surface area contributed by atoms with Crippen molar-refractivity contribution in [2.75, 3.05) is 19.7 Å². The molecule has 2 rings (SSSR count). The summed E-state index contributed by atoms with van der Waals surface area (Å²) in [5.74, 6) is 0. The number of hydrogen-bond acceptors (Lipinski definition) is 5. The van der Waals surface area contributed by atoms with E-state index in [0.29, 0.717) is 32.5 Å². The number of hydrogen-bond donors (Lipinski definition) is 1. The average molecular weight is 466 g/mol. The number of amides is 1. The van der Waals surface area contributed by atoms with Crippen LogP contribution in [0.25, 0.3) is 0 Å². The second kappa shape index (κ2) is 7.88. The Morgan fingerprint density at radius 3 is 2.48 bits per heavy atom. The molecule has 0 atom stereocenters. The number of ether oxygens (including phenoxy) is 1. The van der Waals surface area contributed by atoms with Gasteiger partial charge in [-0.3, -0.25) is 0 Å². The maximum absolute atomic E-state index is 12.5. The van der Waals surface area contributed by atoms with E-state index in [-0.39, 0.29) is 30.2 Å². The SMILES string of the molecule is CCOC(=O)N1CCC(NS(=O)(=O)c2c(Cl)sc(Cl)c2Br)CC1. The second-order valence-electron chi connectivity index (χ2n) is 4.87. The van der Waals surface area contributed by atoms with Crippen LogP contribution in [0.1, 0.15) is 19.8 Å². The summed E-state index contributed by atoms with van der Waals surface area (Å²) in [4.78, 5) is 13.2. The predicted molar refractivity (Wildman–Crippen MR) is 94.0 cm³/mol. The maximum Gasteiger partial charge on any atom is 0.409 e. The Morgan fingerprint density at radius 1 is 1.39 bits per heavy atom. The molecule has 130 valence electrons. The summed E-state index contributed by atoms with van der Waals surface area (Å²) in [7, 11) is -3.79. The van der Waals surface area contributed by atoms with Crippen LogP contribution in [0.4, 0.5) is 4.79 Å². The number of nitrogens with one attached hydrogen (secondary N) is 1.